The molecule has 0 radical (unpaired) electrons. The predicted molar refractivity (Wildman–Crippen MR) is 92.5 cm³/mol. The molecule has 2 rings (SSSR count). The molecule has 0 spiro atoms. The number of allylic oxidation sites excluding steroid dienone is 1. The maximum atomic E-state index is 12.1. The zero-order valence-electron chi connectivity index (χ0n) is 14.4. The standard InChI is InChI=1S/C20H29NO/c1-5-20(3,4)18-10-11-19(22)17(12-18)14-21-13-16-8-6-15(2)7-9-16/h6-9,14,18,21H,5,10-13H2,1-4H3/b17-14+/t18-/m1/s1. The summed E-state index contributed by atoms with van der Waals surface area (Å²) in [5.74, 6) is 0.933. The zero-order chi connectivity index (χ0) is 16.2. The van der Waals surface area contributed by atoms with E-state index in [-0.39, 0.29) is 0 Å². The summed E-state index contributed by atoms with van der Waals surface area (Å²) in [6.07, 6.45) is 5.78. The minimum absolute atomic E-state index is 0.316. The number of hydrogen-bond acceptors (Lipinski definition) is 2. The van der Waals surface area contributed by atoms with Crippen LogP contribution in [0.25, 0.3) is 0 Å². The van der Waals surface area contributed by atoms with Gasteiger partial charge in [0.2, 0.25) is 0 Å². The Labute approximate surface area is 135 Å². The molecule has 1 aliphatic carbocycles. The Morgan fingerprint density at radius 1 is 1.27 bits per heavy atom. The Balaban J connectivity index is 1.96. The van der Waals surface area contributed by atoms with Gasteiger partial charge in [0.25, 0.3) is 0 Å². The van der Waals surface area contributed by atoms with Gasteiger partial charge in [-0.3, -0.25) is 4.79 Å². The van der Waals surface area contributed by atoms with Crippen molar-refractivity contribution < 1.29 is 4.79 Å². The molecule has 120 valence electrons. The number of rotatable bonds is 5. The number of aryl methyl sites for hydroxylation is 1. The molecule has 0 heterocycles. The highest BCUT2D eigenvalue weighted by atomic mass is 16.1. The summed E-state index contributed by atoms with van der Waals surface area (Å²) in [6.45, 7) is 9.76. The van der Waals surface area contributed by atoms with Crippen molar-refractivity contribution in [3.05, 3.63) is 47.2 Å². The molecule has 1 fully saturated rings. The van der Waals surface area contributed by atoms with Gasteiger partial charge >= 0.3 is 0 Å². The van der Waals surface area contributed by atoms with Gasteiger partial charge in [-0.25, -0.2) is 0 Å². The molecule has 0 aliphatic heterocycles. The topological polar surface area (TPSA) is 29.1 Å². The molecule has 0 saturated heterocycles. The number of ketones is 1. The van der Waals surface area contributed by atoms with Crippen LogP contribution in [0.4, 0.5) is 0 Å². The van der Waals surface area contributed by atoms with Crippen LogP contribution in [-0.4, -0.2) is 5.78 Å². The molecule has 1 saturated carbocycles. The van der Waals surface area contributed by atoms with Crippen molar-refractivity contribution in [2.75, 3.05) is 0 Å². The van der Waals surface area contributed by atoms with E-state index in [4.69, 9.17) is 0 Å². The summed E-state index contributed by atoms with van der Waals surface area (Å²) >= 11 is 0. The van der Waals surface area contributed by atoms with Crippen molar-refractivity contribution in [3.8, 4) is 0 Å². The molecule has 1 aromatic carbocycles. The summed E-state index contributed by atoms with van der Waals surface area (Å²) in [5.41, 5.74) is 3.81. The number of nitrogens with one attached hydrogen (secondary N) is 1. The van der Waals surface area contributed by atoms with Gasteiger partial charge in [-0.05, 0) is 36.7 Å². The fourth-order valence-corrected chi connectivity index (χ4v) is 3.04. The maximum absolute atomic E-state index is 12.1. The predicted octanol–water partition coefficient (Wildman–Crippen LogP) is 4.77. The Morgan fingerprint density at radius 2 is 1.95 bits per heavy atom. The van der Waals surface area contributed by atoms with E-state index in [0.717, 1.165) is 31.4 Å². The highest BCUT2D eigenvalue weighted by Crippen LogP contribution is 2.40. The zero-order valence-corrected chi connectivity index (χ0v) is 14.4. The first kappa shape index (κ1) is 16.8. The summed E-state index contributed by atoms with van der Waals surface area (Å²) in [5, 5.41) is 3.33. The highest BCUT2D eigenvalue weighted by molar-refractivity contribution is 5.96. The monoisotopic (exact) mass is 299 g/mol. The lowest BCUT2D eigenvalue weighted by molar-refractivity contribution is -0.117. The van der Waals surface area contributed by atoms with Crippen molar-refractivity contribution in [1.29, 1.82) is 0 Å². The number of hydrogen-bond donors (Lipinski definition) is 1. The van der Waals surface area contributed by atoms with E-state index in [2.05, 4.69) is 57.3 Å². The van der Waals surface area contributed by atoms with Crippen LogP contribution in [0.15, 0.2) is 36.0 Å². The molecule has 0 amide bonds. The second-order valence-corrected chi connectivity index (χ2v) is 7.24. The van der Waals surface area contributed by atoms with Crippen LogP contribution in [0.3, 0.4) is 0 Å². The molecular formula is C20H29NO. The fourth-order valence-electron chi connectivity index (χ4n) is 3.04. The molecule has 1 aliphatic rings. The fraction of sp³-hybridized carbons (Fsp3) is 0.550. The van der Waals surface area contributed by atoms with E-state index in [0.29, 0.717) is 23.5 Å². The molecule has 0 aromatic heterocycles. The number of carbonyl (C=O) groups excluding carboxylic acids is 1. The van der Waals surface area contributed by atoms with Gasteiger partial charge in [-0.2, -0.15) is 0 Å². The third-order valence-electron chi connectivity index (χ3n) is 5.26. The normalized spacial score (nSPS) is 21.2. The van der Waals surface area contributed by atoms with Crippen LogP contribution in [0.5, 0.6) is 0 Å². The van der Waals surface area contributed by atoms with Crippen molar-refractivity contribution in [1.82, 2.24) is 5.32 Å². The summed E-state index contributed by atoms with van der Waals surface area (Å²) in [6, 6.07) is 8.50. The lowest BCUT2D eigenvalue weighted by Gasteiger charge is -2.36. The minimum atomic E-state index is 0.316. The summed E-state index contributed by atoms with van der Waals surface area (Å²) in [7, 11) is 0. The summed E-state index contributed by atoms with van der Waals surface area (Å²) < 4.78 is 0. The van der Waals surface area contributed by atoms with Gasteiger partial charge in [0.1, 0.15) is 0 Å². The first-order valence-corrected chi connectivity index (χ1v) is 8.43. The molecular weight excluding hydrogens is 270 g/mol. The molecule has 1 N–H and O–H groups in total. The highest BCUT2D eigenvalue weighted by Gasteiger charge is 2.33. The number of Topliss-reactive ketones (excluding diaryl/α,β-unsaturated/α-hetero) is 1. The smallest absolute Gasteiger partial charge is 0.160 e. The van der Waals surface area contributed by atoms with E-state index in [1.165, 1.54) is 11.1 Å². The average molecular weight is 299 g/mol. The molecule has 0 unspecified atom stereocenters. The van der Waals surface area contributed by atoms with Crippen LogP contribution >= 0.6 is 0 Å². The van der Waals surface area contributed by atoms with Gasteiger partial charge < -0.3 is 5.32 Å². The third-order valence-corrected chi connectivity index (χ3v) is 5.26. The van der Waals surface area contributed by atoms with Gasteiger partial charge in [0.05, 0.1) is 0 Å². The number of carbonyl (C=O) groups is 1. The largest absolute Gasteiger partial charge is 0.386 e. The summed E-state index contributed by atoms with van der Waals surface area (Å²) in [4.78, 5) is 12.1. The second-order valence-electron chi connectivity index (χ2n) is 7.24. The van der Waals surface area contributed by atoms with Crippen LogP contribution in [0.2, 0.25) is 0 Å². The first-order valence-electron chi connectivity index (χ1n) is 8.43. The lowest BCUT2D eigenvalue weighted by atomic mass is 9.68. The molecule has 1 atom stereocenters. The molecule has 2 nitrogen and oxygen atoms in total. The van der Waals surface area contributed by atoms with E-state index >= 15 is 0 Å². The van der Waals surface area contributed by atoms with E-state index in [1.807, 2.05) is 6.20 Å². The number of benzene rings is 1. The van der Waals surface area contributed by atoms with E-state index in [1.54, 1.807) is 0 Å². The van der Waals surface area contributed by atoms with Gasteiger partial charge in [0.15, 0.2) is 5.78 Å². The average Bonchev–Trinajstić information content (AvgIpc) is 2.51. The minimum Gasteiger partial charge on any atom is -0.386 e. The molecule has 22 heavy (non-hydrogen) atoms. The third kappa shape index (κ3) is 4.22. The lowest BCUT2D eigenvalue weighted by Crippen LogP contribution is -2.30. The quantitative estimate of drug-likeness (QED) is 0.793. The van der Waals surface area contributed by atoms with Crippen LogP contribution in [0, 0.1) is 18.3 Å². The Bertz CT molecular complexity index is 539. The second kappa shape index (κ2) is 7.13. The van der Waals surface area contributed by atoms with Gasteiger partial charge in [-0.1, -0.05) is 57.0 Å². The molecule has 1 aromatic rings. The van der Waals surface area contributed by atoms with Gasteiger partial charge in [0, 0.05) is 24.7 Å². The van der Waals surface area contributed by atoms with Crippen molar-refractivity contribution in [3.63, 3.8) is 0 Å². The SMILES string of the molecule is CCC(C)(C)[C@@H]1CCC(=O)/C(=C/NCc2ccc(C)cc2)C1. The van der Waals surface area contributed by atoms with Crippen molar-refractivity contribution in [2.45, 2.75) is 59.9 Å². The maximum Gasteiger partial charge on any atom is 0.160 e. The Kier molecular flexibility index (Phi) is 5.44. The molecule has 2 heteroatoms. The first-order chi connectivity index (χ1) is 10.4. The van der Waals surface area contributed by atoms with E-state index in [9.17, 15) is 4.79 Å². The van der Waals surface area contributed by atoms with Crippen molar-refractivity contribution >= 4 is 5.78 Å². The van der Waals surface area contributed by atoms with Crippen molar-refractivity contribution in [2.24, 2.45) is 11.3 Å². The Morgan fingerprint density at radius 3 is 2.59 bits per heavy atom. The van der Waals surface area contributed by atoms with Crippen LogP contribution < -0.4 is 5.32 Å². The molecule has 0 bridgehead atoms. The Hall–Kier alpha value is -1.57. The van der Waals surface area contributed by atoms with Crippen LogP contribution in [0.1, 0.15) is 57.6 Å². The van der Waals surface area contributed by atoms with E-state index < -0.39 is 0 Å². The van der Waals surface area contributed by atoms with Crippen LogP contribution in [-0.2, 0) is 11.3 Å². The van der Waals surface area contributed by atoms with Gasteiger partial charge in [-0.15, -0.1) is 0 Å².